The third-order valence-corrected chi connectivity index (χ3v) is 7.20. The van der Waals surface area contributed by atoms with Crippen molar-refractivity contribution in [2.75, 3.05) is 21.9 Å². The van der Waals surface area contributed by atoms with Gasteiger partial charge in [-0.05, 0) is 55.0 Å². The minimum Gasteiger partial charge on any atom is -0.489 e. The summed E-state index contributed by atoms with van der Waals surface area (Å²) < 4.78 is 31.4. The maximum absolute atomic E-state index is 12.7. The number of hydrogen-bond acceptors (Lipinski definition) is 4. The van der Waals surface area contributed by atoms with Crippen molar-refractivity contribution in [2.24, 2.45) is 0 Å². The van der Waals surface area contributed by atoms with E-state index < -0.39 is 10.0 Å². The van der Waals surface area contributed by atoms with Gasteiger partial charge >= 0.3 is 0 Å². The van der Waals surface area contributed by atoms with Crippen molar-refractivity contribution < 1.29 is 17.9 Å². The number of anilines is 2. The van der Waals surface area contributed by atoms with Gasteiger partial charge in [0, 0.05) is 28.4 Å². The lowest BCUT2D eigenvalue weighted by Crippen LogP contribution is -2.25. The van der Waals surface area contributed by atoms with Crippen LogP contribution in [0.25, 0.3) is 0 Å². The maximum Gasteiger partial charge on any atom is 0.255 e. The number of rotatable bonds is 6. The molecule has 1 N–H and O–H groups in total. The van der Waals surface area contributed by atoms with Crippen molar-refractivity contribution in [2.45, 2.75) is 13.0 Å². The lowest BCUT2D eigenvalue weighted by atomic mass is 10.1. The van der Waals surface area contributed by atoms with Crippen LogP contribution in [-0.2, 0) is 16.6 Å². The first-order valence-corrected chi connectivity index (χ1v) is 11.8. The van der Waals surface area contributed by atoms with Crippen molar-refractivity contribution in [3.8, 4) is 5.75 Å². The number of benzene rings is 3. The van der Waals surface area contributed by atoms with Crippen LogP contribution in [0.15, 0.2) is 72.8 Å². The number of hydrogen-bond donors (Lipinski definition) is 1. The fraction of sp³-hybridized carbons (Fsp3) is 0.174. The predicted molar refractivity (Wildman–Crippen MR) is 122 cm³/mol. The van der Waals surface area contributed by atoms with Crippen molar-refractivity contribution in [3.63, 3.8) is 0 Å². The van der Waals surface area contributed by atoms with Gasteiger partial charge in [-0.15, -0.1) is 0 Å². The number of nitrogens with zero attached hydrogens (tertiary/aromatic N) is 1. The second-order valence-corrected chi connectivity index (χ2v) is 9.57. The summed E-state index contributed by atoms with van der Waals surface area (Å²) in [5, 5.41) is 3.47. The van der Waals surface area contributed by atoms with Crippen LogP contribution in [0.5, 0.6) is 5.75 Å². The van der Waals surface area contributed by atoms with E-state index in [4.69, 9.17) is 16.3 Å². The predicted octanol–water partition coefficient (Wildman–Crippen LogP) is 4.71. The molecule has 1 saturated heterocycles. The zero-order valence-corrected chi connectivity index (χ0v) is 18.2. The number of carbonyl (C=O) groups is 1. The lowest BCUT2D eigenvalue weighted by molar-refractivity contribution is 0.102. The molecular formula is C23H21ClN2O4S. The van der Waals surface area contributed by atoms with Gasteiger partial charge in [0.1, 0.15) is 12.4 Å². The molecule has 3 aromatic rings. The molecule has 8 heteroatoms. The summed E-state index contributed by atoms with van der Waals surface area (Å²) in [7, 11) is -3.30. The SMILES string of the molecule is O=C(Nc1ccc(OCc2ccccc2Cl)cc1)c1cccc(N2CCCS2(=O)=O)c1. The third kappa shape index (κ3) is 5.00. The van der Waals surface area contributed by atoms with E-state index in [0.717, 1.165) is 5.56 Å². The highest BCUT2D eigenvalue weighted by Crippen LogP contribution is 2.25. The highest BCUT2D eigenvalue weighted by molar-refractivity contribution is 7.93. The molecule has 0 radical (unpaired) electrons. The molecule has 1 heterocycles. The molecule has 0 aliphatic carbocycles. The maximum atomic E-state index is 12.7. The van der Waals surface area contributed by atoms with Crippen LogP contribution in [0, 0.1) is 0 Å². The van der Waals surface area contributed by atoms with Crippen LogP contribution in [0.4, 0.5) is 11.4 Å². The quantitative estimate of drug-likeness (QED) is 0.582. The average molecular weight is 457 g/mol. The first-order valence-electron chi connectivity index (χ1n) is 9.80. The summed E-state index contributed by atoms with van der Waals surface area (Å²) >= 11 is 6.14. The zero-order valence-electron chi connectivity index (χ0n) is 16.6. The minimum atomic E-state index is -3.30. The smallest absolute Gasteiger partial charge is 0.255 e. The Labute approximate surface area is 186 Å². The molecule has 31 heavy (non-hydrogen) atoms. The van der Waals surface area contributed by atoms with Crippen LogP contribution in [0.1, 0.15) is 22.3 Å². The topological polar surface area (TPSA) is 75.7 Å². The molecule has 0 unspecified atom stereocenters. The second-order valence-electron chi connectivity index (χ2n) is 7.15. The largest absolute Gasteiger partial charge is 0.489 e. The molecule has 0 saturated carbocycles. The Bertz CT molecular complexity index is 1200. The van der Waals surface area contributed by atoms with Crippen molar-refractivity contribution in [1.29, 1.82) is 0 Å². The van der Waals surface area contributed by atoms with E-state index >= 15 is 0 Å². The molecule has 1 aliphatic heterocycles. The van der Waals surface area contributed by atoms with Gasteiger partial charge in [-0.25, -0.2) is 8.42 Å². The normalized spacial score (nSPS) is 14.9. The Morgan fingerprint density at radius 2 is 1.81 bits per heavy atom. The number of ether oxygens (including phenoxy) is 1. The number of halogens is 1. The van der Waals surface area contributed by atoms with Crippen LogP contribution >= 0.6 is 11.6 Å². The number of amides is 1. The Kier molecular flexibility index (Phi) is 6.15. The summed E-state index contributed by atoms with van der Waals surface area (Å²) in [6.07, 6.45) is 0.587. The van der Waals surface area contributed by atoms with Gasteiger partial charge < -0.3 is 10.1 Å². The first-order chi connectivity index (χ1) is 14.9. The number of nitrogens with one attached hydrogen (secondary N) is 1. The Morgan fingerprint density at radius 3 is 2.52 bits per heavy atom. The van der Waals surface area contributed by atoms with Crippen LogP contribution in [0.3, 0.4) is 0 Å². The highest BCUT2D eigenvalue weighted by Gasteiger charge is 2.28. The van der Waals surface area contributed by atoms with Crippen LogP contribution in [0.2, 0.25) is 5.02 Å². The molecule has 3 aromatic carbocycles. The molecule has 0 spiro atoms. The van der Waals surface area contributed by atoms with Crippen LogP contribution in [-0.4, -0.2) is 26.6 Å². The Balaban J connectivity index is 1.40. The molecule has 0 bridgehead atoms. The molecule has 0 aromatic heterocycles. The minimum absolute atomic E-state index is 0.133. The van der Waals surface area contributed by atoms with Crippen molar-refractivity contribution >= 4 is 38.9 Å². The molecule has 1 fully saturated rings. The fourth-order valence-electron chi connectivity index (χ4n) is 3.35. The Morgan fingerprint density at radius 1 is 1.03 bits per heavy atom. The van der Waals surface area contributed by atoms with E-state index in [-0.39, 0.29) is 11.7 Å². The summed E-state index contributed by atoms with van der Waals surface area (Å²) in [6, 6.07) is 21.1. The molecule has 160 valence electrons. The summed E-state index contributed by atoms with van der Waals surface area (Å²) in [6.45, 7) is 0.778. The van der Waals surface area contributed by atoms with E-state index in [1.165, 1.54) is 4.31 Å². The van der Waals surface area contributed by atoms with E-state index in [2.05, 4.69) is 5.32 Å². The number of sulfonamides is 1. The van der Waals surface area contributed by atoms with E-state index in [1.54, 1.807) is 48.5 Å². The van der Waals surface area contributed by atoms with Crippen LogP contribution < -0.4 is 14.4 Å². The van der Waals surface area contributed by atoms with Gasteiger partial charge in [0.15, 0.2) is 0 Å². The monoisotopic (exact) mass is 456 g/mol. The standard InChI is InChI=1S/C23H21ClN2O4S/c24-22-8-2-1-5-18(22)16-30-21-11-9-19(10-12-21)25-23(27)17-6-3-7-20(15-17)26-13-4-14-31(26,28)29/h1-3,5-12,15H,4,13-14,16H2,(H,25,27). The number of carbonyl (C=O) groups excluding carboxylic acids is 1. The van der Waals surface area contributed by atoms with Crippen molar-refractivity contribution in [3.05, 3.63) is 88.9 Å². The molecule has 4 rings (SSSR count). The third-order valence-electron chi connectivity index (χ3n) is 4.96. The van der Waals surface area contributed by atoms with Gasteiger partial charge in [-0.1, -0.05) is 35.9 Å². The average Bonchev–Trinajstić information content (AvgIpc) is 3.13. The molecular weight excluding hydrogens is 436 g/mol. The fourth-order valence-corrected chi connectivity index (χ4v) is 5.09. The first kappa shape index (κ1) is 21.2. The summed E-state index contributed by atoms with van der Waals surface area (Å²) in [4.78, 5) is 12.7. The Hall–Kier alpha value is -3.03. The van der Waals surface area contributed by atoms with Gasteiger partial charge in [-0.3, -0.25) is 9.10 Å². The summed E-state index contributed by atoms with van der Waals surface area (Å²) in [5.74, 6) is 0.469. The molecule has 1 amide bonds. The van der Waals surface area contributed by atoms with Gasteiger partial charge in [0.2, 0.25) is 10.0 Å². The molecule has 0 atom stereocenters. The van der Waals surface area contributed by atoms with Crippen molar-refractivity contribution in [1.82, 2.24) is 0 Å². The second kappa shape index (κ2) is 8.99. The lowest BCUT2D eigenvalue weighted by Gasteiger charge is -2.17. The molecule has 1 aliphatic rings. The summed E-state index contributed by atoms with van der Waals surface area (Å²) in [5.41, 5.74) is 2.39. The molecule has 6 nitrogen and oxygen atoms in total. The van der Waals surface area contributed by atoms with Gasteiger partial charge in [-0.2, -0.15) is 0 Å². The van der Waals surface area contributed by atoms with E-state index in [9.17, 15) is 13.2 Å². The van der Waals surface area contributed by atoms with Gasteiger partial charge in [0.05, 0.1) is 11.4 Å². The van der Waals surface area contributed by atoms with Gasteiger partial charge in [0.25, 0.3) is 5.91 Å². The van der Waals surface area contributed by atoms with E-state index in [1.807, 2.05) is 24.3 Å². The van der Waals surface area contributed by atoms with E-state index in [0.29, 0.717) is 47.3 Å². The zero-order chi connectivity index (χ0) is 21.8. The highest BCUT2D eigenvalue weighted by atomic mass is 35.5.